The average molecular weight is 452 g/mol. The second kappa shape index (κ2) is 8.48. The van der Waals surface area contributed by atoms with Crippen LogP contribution < -0.4 is 9.80 Å². The van der Waals surface area contributed by atoms with Crippen LogP contribution in [0, 0.1) is 0 Å². The highest BCUT2D eigenvalue weighted by Gasteiger charge is 2.35. The summed E-state index contributed by atoms with van der Waals surface area (Å²) in [6, 6.07) is 2.00. The zero-order valence-electron chi connectivity index (χ0n) is 17.6. The van der Waals surface area contributed by atoms with Crippen molar-refractivity contribution in [2.24, 2.45) is 0 Å². The van der Waals surface area contributed by atoms with E-state index in [1.165, 1.54) is 0 Å². The van der Waals surface area contributed by atoms with E-state index >= 15 is 0 Å². The number of benzene rings is 1. The predicted molar refractivity (Wildman–Crippen MR) is 115 cm³/mol. The van der Waals surface area contributed by atoms with Gasteiger partial charge in [0.05, 0.1) is 50.1 Å². The van der Waals surface area contributed by atoms with Crippen molar-refractivity contribution in [3.8, 4) is 0 Å². The number of fused-ring (bicyclic) bond motifs is 1. The van der Waals surface area contributed by atoms with Crippen molar-refractivity contribution in [3.05, 3.63) is 29.1 Å². The maximum atomic E-state index is 6.92. The molecule has 0 amide bonds. The molecule has 3 aliphatic rings. The van der Waals surface area contributed by atoms with Crippen molar-refractivity contribution in [3.63, 3.8) is 0 Å². The van der Waals surface area contributed by atoms with E-state index in [9.17, 15) is 0 Å². The number of aromatic nitrogens is 1. The number of rotatable bonds is 5. The van der Waals surface area contributed by atoms with Gasteiger partial charge < -0.3 is 33.1 Å². The van der Waals surface area contributed by atoms with Gasteiger partial charge in [-0.05, 0) is 19.6 Å². The van der Waals surface area contributed by atoms with E-state index in [1.807, 2.05) is 17.9 Å². The van der Waals surface area contributed by atoms with Gasteiger partial charge in [0, 0.05) is 25.8 Å². The Hall–Kier alpha value is -2.04. The molecule has 3 saturated heterocycles. The molecule has 3 aliphatic heterocycles. The number of nitrogens with zero attached hydrogens (tertiary/aromatic N) is 3. The van der Waals surface area contributed by atoms with Gasteiger partial charge in [0.25, 0.3) is 0 Å². The number of morpholine rings is 1. The smallest absolute Gasteiger partial charge is 0.189 e. The molecule has 4 heterocycles. The van der Waals surface area contributed by atoms with Crippen molar-refractivity contribution < 1.29 is 28.2 Å². The number of methoxy groups -OCH3 is 1. The normalized spacial score (nSPS) is 25.1. The highest BCUT2D eigenvalue weighted by atomic mass is 35.5. The van der Waals surface area contributed by atoms with Crippen LogP contribution in [-0.2, 0) is 23.7 Å². The molecule has 5 rings (SSSR count). The lowest BCUT2D eigenvalue weighted by Gasteiger charge is -2.35. The molecule has 0 saturated carbocycles. The van der Waals surface area contributed by atoms with Crippen LogP contribution in [0.15, 0.2) is 23.1 Å². The minimum atomic E-state index is -0.503. The van der Waals surface area contributed by atoms with Gasteiger partial charge >= 0.3 is 0 Å². The summed E-state index contributed by atoms with van der Waals surface area (Å²) >= 11 is 6.92. The molecule has 10 heteroatoms. The Morgan fingerprint density at radius 1 is 1.23 bits per heavy atom. The van der Waals surface area contributed by atoms with Gasteiger partial charge in [-0.1, -0.05) is 16.8 Å². The number of ether oxygens (including phenoxy) is 5. The van der Waals surface area contributed by atoms with E-state index in [0.717, 1.165) is 16.6 Å². The summed E-state index contributed by atoms with van der Waals surface area (Å²) in [4.78, 5) is 4.08. The molecule has 31 heavy (non-hydrogen) atoms. The van der Waals surface area contributed by atoms with Crippen LogP contribution in [0.25, 0.3) is 11.0 Å². The Bertz CT molecular complexity index is 976. The molecule has 3 fully saturated rings. The first kappa shape index (κ1) is 20.8. The molecule has 2 atom stereocenters. The molecule has 168 valence electrons. The number of halogens is 1. The van der Waals surface area contributed by atoms with Crippen LogP contribution in [0.5, 0.6) is 0 Å². The standard InChI is InChI=1S/C21H26ClN3O6/c1-12-9-24(4-5-27-12)18-15(21-28-6-7-29-21)8-16-19(17(18)22)31-23-20(16)25-10-14(11-26-3)30-13(25)2/h8,12,14,21H,2,4-7,9-11H2,1,3H3. The summed E-state index contributed by atoms with van der Waals surface area (Å²) in [6.07, 6.45) is -0.543. The molecule has 0 N–H and O–H groups in total. The third-order valence-electron chi connectivity index (χ3n) is 5.72. The molecular formula is C21H26ClN3O6. The van der Waals surface area contributed by atoms with Gasteiger partial charge in [0.15, 0.2) is 23.6 Å². The van der Waals surface area contributed by atoms with Crippen LogP contribution in [0.4, 0.5) is 11.5 Å². The summed E-state index contributed by atoms with van der Waals surface area (Å²) in [5, 5.41) is 5.55. The second-order valence-corrected chi connectivity index (χ2v) is 8.29. The summed E-state index contributed by atoms with van der Waals surface area (Å²) in [5.41, 5.74) is 2.20. The Morgan fingerprint density at radius 3 is 2.77 bits per heavy atom. The van der Waals surface area contributed by atoms with E-state index < -0.39 is 6.29 Å². The maximum absolute atomic E-state index is 6.92. The van der Waals surface area contributed by atoms with Crippen LogP contribution in [0.1, 0.15) is 18.8 Å². The molecule has 1 aromatic carbocycles. The topological polar surface area (TPSA) is 78.7 Å². The average Bonchev–Trinajstić information content (AvgIpc) is 3.48. The van der Waals surface area contributed by atoms with Crippen molar-refractivity contribution in [1.82, 2.24) is 5.16 Å². The van der Waals surface area contributed by atoms with Crippen molar-refractivity contribution in [2.45, 2.75) is 25.4 Å². The van der Waals surface area contributed by atoms with E-state index in [1.54, 1.807) is 7.11 Å². The SMILES string of the molecule is C=C1OC(COC)CN1c1noc2c(Cl)c(N3CCOC(C)C3)c(C3OCCO3)cc12. The zero-order chi connectivity index (χ0) is 21.5. The first-order valence-electron chi connectivity index (χ1n) is 10.4. The number of hydrogen-bond acceptors (Lipinski definition) is 9. The summed E-state index contributed by atoms with van der Waals surface area (Å²) in [6.45, 7) is 10.2. The summed E-state index contributed by atoms with van der Waals surface area (Å²) in [7, 11) is 1.64. The third-order valence-corrected chi connectivity index (χ3v) is 6.07. The lowest BCUT2D eigenvalue weighted by Crippen LogP contribution is -2.41. The zero-order valence-corrected chi connectivity index (χ0v) is 18.4. The first-order chi connectivity index (χ1) is 15.1. The van der Waals surface area contributed by atoms with Crippen LogP contribution in [0.2, 0.25) is 5.02 Å². The van der Waals surface area contributed by atoms with Gasteiger partial charge in [-0.3, -0.25) is 4.90 Å². The van der Waals surface area contributed by atoms with Crippen molar-refractivity contribution in [1.29, 1.82) is 0 Å². The van der Waals surface area contributed by atoms with Gasteiger partial charge in [-0.25, -0.2) is 0 Å². The lowest BCUT2D eigenvalue weighted by atomic mass is 10.1. The van der Waals surface area contributed by atoms with Gasteiger partial charge in [0.2, 0.25) is 0 Å². The van der Waals surface area contributed by atoms with Gasteiger partial charge in [0.1, 0.15) is 11.1 Å². The van der Waals surface area contributed by atoms with E-state index in [2.05, 4.69) is 16.6 Å². The molecule has 0 bridgehead atoms. The monoisotopic (exact) mass is 451 g/mol. The van der Waals surface area contributed by atoms with Crippen molar-refractivity contribution in [2.75, 3.05) is 63.0 Å². The quantitative estimate of drug-likeness (QED) is 0.681. The Balaban J connectivity index is 1.60. The Morgan fingerprint density at radius 2 is 2.03 bits per heavy atom. The summed E-state index contributed by atoms with van der Waals surface area (Å²) in [5.74, 6) is 1.09. The third kappa shape index (κ3) is 3.74. The molecule has 9 nitrogen and oxygen atoms in total. The molecule has 0 radical (unpaired) electrons. The minimum Gasteiger partial charge on any atom is -0.472 e. The highest BCUT2D eigenvalue weighted by Crippen LogP contribution is 2.45. The molecule has 2 unspecified atom stereocenters. The highest BCUT2D eigenvalue weighted by molar-refractivity contribution is 6.38. The molecule has 0 aliphatic carbocycles. The number of hydrogen-bond donors (Lipinski definition) is 0. The predicted octanol–water partition coefficient (Wildman–Crippen LogP) is 3.07. The van der Waals surface area contributed by atoms with Crippen LogP contribution in [0.3, 0.4) is 0 Å². The molecule has 0 spiro atoms. The van der Waals surface area contributed by atoms with Crippen LogP contribution in [-0.4, -0.2) is 70.5 Å². The summed E-state index contributed by atoms with van der Waals surface area (Å²) < 4.78 is 34.2. The van der Waals surface area contributed by atoms with E-state index in [-0.39, 0.29) is 12.2 Å². The fraction of sp³-hybridized carbons (Fsp3) is 0.571. The van der Waals surface area contributed by atoms with Gasteiger partial charge in [-0.15, -0.1) is 0 Å². The Kier molecular flexibility index (Phi) is 5.70. The van der Waals surface area contributed by atoms with Gasteiger partial charge in [-0.2, -0.15) is 0 Å². The first-order valence-corrected chi connectivity index (χ1v) is 10.8. The molecule has 2 aromatic rings. The largest absolute Gasteiger partial charge is 0.472 e. The second-order valence-electron chi connectivity index (χ2n) is 7.91. The fourth-order valence-corrected chi connectivity index (χ4v) is 4.73. The van der Waals surface area contributed by atoms with Crippen molar-refractivity contribution >= 4 is 34.1 Å². The minimum absolute atomic E-state index is 0.0897. The molecule has 1 aromatic heterocycles. The van der Waals surface area contributed by atoms with E-state index in [4.69, 9.17) is 39.8 Å². The lowest BCUT2D eigenvalue weighted by molar-refractivity contribution is -0.0438. The molecular weight excluding hydrogens is 426 g/mol. The Labute approximate surface area is 185 Å². The van der Waals surface area contributed by atoms with Crippen LogP contribution >= 0.6 is 11.6 Å². The number of anilines is 2. The van der Waals surface area contributed by atoms with E-state index in [0.29, 0.717) is 68.4 Å². The fourth-order valence-electron chi connectivity index (χ4n) is 4.37. The maximum Gasteiger partial charge on any atom is 0.189 e.